The Bertz CT molecular complexity index is 1090. The number of benzene rings is 2. The molecule has 0 unspecified atom stereocenters. The fourth-order valence-electron chi connectivity index (χ4n) is 3.14. The Morgan fingerprint density at radius 1 is 0.909 bits per heavy atom. The Kier molecular flexibility index (Phi) is 9.95. The summed E-state index contributed by atoms with van der Waals surface area (Å²) in [5.74, 6) is 0.608. The van der Waals surface area contributed by atoms with E-state index in [0.29, 0.717) is 32.0 Å². The van der Waals surface area contributed by atoms with E-state index in [1.807, 2.05) is 30.3 Å². The van der Waals surface area contributed by atoms with Gasteiger partial charge >= 0.3 is 6.18 Å². The number of aromatic nitrogens is 1. The highest BCUT2D eigenvalue weighted by molar-refractivity contribution is 14.0. The van der Waals surface area contributed by atoms with Crippen LogP contribution in [0, 0.1) is 0 Å². The molecular weight excluding hydrogens is 544 g/mol. The molecule has 0 aliphatic heterocycles. The van der Waals surface area contributed by atoms with Gasteiger partial charge in [0.15, 0.2) is 5.96 Å². The topological polar surface area (TPSA) is 58.4 Å². The minimum Gasteiger partial charge on any atom is -0.356 e. The second-order valence-corrected chi connectivity index (χ2v) is 7.28. The standard InChI is InChI=1S/C24H25F3N4O.HI/c1-28-23(29-14-13-18-9-11-21(12-10-18)24(25,26)27)30-16-19-5-7-20(8-6-19)17-31-15-3-2-4-22(31)32;/h2-12,15H,13-14,16-17H2,1H3,(H2,28,29,30);1H. The van der Waals surface area contributed by atoms with Crippen LogP contribution in [0.25, 0.3) is 0 Å². The van der Waals surface area contributed by atoms with Crippen molar-refractivity contribution in [2.75, 3.05) is 13.6 Å². The Morgan fingerprint density at radius 3 is 2.15 bits per heavy atom. The van der Waals surface area contributed by atoms with Crippen molar-refractivity contribution in [3.8, 4) is 0 Å². The SMILES string of the molecule is CN=C(NCCc1ccc(C(F)(F)F)cc1)NCc1ccc(Cn2ccccc2=O)cc1.I. The van der Waals surface area contributed by atoms with Crippen molar-refractivity contribution in [3.63, 3.8) is 0 Å². The van der Waals surface area contributed by atoms with Crippen molar-refractivity contribution in [2.24, 2.45) is 4.99 Å². The molecule has 0 radical (unpaired) electrons. The highest BCUT2D eigenvalue weighted by Gasteiger charge is 2.29. The number of nitrogens with zero attached hydrogens (tertiary/aromatic N) is 2. The fraction of sp³-hybridized carbons (Fsp3) is 0.250. The normalized spacial score (nSPS) is 11.6. The first kappa shape index (κ1) is 26.4. The summed E-state index contributed by atoms with van der Waals surface area (Å²) >= 11 is 0. The molecule has 0 bridgehead atoms. The Hall–Kier alpha value is -2.82. The van der Waals surface area contributed by atoms with Crippen LogP contribution in [0.4, 0.5) is 13.2 Å². The summed E-state index contributed by atoms with van der Waals surface area (Å²) in [5, 5.41) is 6.38. The maximum atomic E-state index is 12.6. The molecule has 0 aliphatic rings. The number of halogens is 4. The first-order valence-corrected chi connectivity index (χ1v) is 10.2. The lowest BCUT2D eigenvalue weighted by molar-refractivity contribution is -0.137. The number of pyridine rings is 1. The van der Waals surface area contributed by atoms with E-state index >= 15 is 0 Å². The zero-order valence-corrected chi connectivity index (χ0v) is 20.4. The van der Waals surface area contributed by atoms with Gasteiger partial charge in [0, 0.05) is 32.4 Å². The van der Waals surface area contributed by atoms with Crippen LogP contribution in [-0.2, 0) is 25.7 Å². The first-order chi connectivity index (χ1) is 15.3. The van der Waals surface area contributed by atoms with Gasteiger partial charge in [-0.3, -0.25) is 9.79 Å². The van der Waals surface area contributed by atoms with Crippen LogP contribution >= 0.6 is 24.0 Å². The molecule has 0 atom stereocenters. The largest absolute Gasteiger partial charge is 0.416 e. The predicted octanol–water partition coefficient (Wildman–Crippen LogP) is 4.44. The molecule has 2 aromatic carbocycles. The van der Waals surface area contributed by atoms with Crippen molar-refractivity contribution < 1.29 is 13.2 Å². The average Bonchev–Trinajstić information content (AvgIpc) is 2.78. The zero-order chi connectivity index (χ0) is 23.0. The molecule has 0 spiro atoms. The minimum atomic E-state index is -4.32. The summed E-state index contributed by atoms with van der Waals surface area (Å²) in [6, 6.07) is 18.2. The third-order valence-electron chi connectivity index (χ3n) is 4.95. The lowest BCUT2D eigenvalue weighted by atomic mass is 10.1. The number of nitrogens with one attached hydrogen (secondary N) is 2. The quantitative estimate of drug-likeness (QED) is 0.251. The number of rotatable bonds is 7. The molecule has 0 saturated carbocycles. The highest BCUT2D eigenvalue weighted by Crippen LogP contribution is 2.29. The third kappa shape index (κ3) is 8.23. The monoisotopic (exact) mass is 570 g/mol. The van der Waals surface area contributed by atoms with Crippen molar-refractivity contribution in [2.45, 2.75) is 25.7 Å². The van der Waals surface area contributed by atoms with Gasteiger partial charge in [-0.25, -0.2) is 0 Å². The van der Waals surface area contributed by atoms with Crippen molar-refractivity contribution in [1.82, 2.24) is 15.2 Å². The van der Waals surface area contributed by atoms with Gasteiger partial charge in [0.2, 0.25) is 0 Å². The summed E-state index contributed by atoms with van der Waals surface area (Å²) in [5.41, 5.74) is 2.22. The fourth-order valence-corrected chi connectivity index (χ4v) is 3.14. The van der Waals surface area contributed by atoms with E-state index in [0.717, 1.165) is 28.8 Å². The second kappa shape index (κ2) is 12.4. The molecule has 5 nitrogen and oxygen atoms in total. The van der Waals surface area contributed by atoms with Gasteiger partial charge < -0.3 is 15.2 Å². The Morgan fingerprint density at radius 2 is 1.55 bits per heavy atom. The minimum absolute atomic E-state index is 0. The molecule has 0 saturated heterocycles. The van der Waals surface area contributed by atoms with Crippen molar-refractivity contribution in [3.05, 3.63) is 106 Å². The van der Waals surface area contributed by atoms with E-state index in [1.54, 1.807) is 23.9 Å². The lowest BCUT2D eigenvalue weighted by Crippen LogP contribution is -2.37. The molecule has 33 heavy (non-hydrogen) atoms. The van der Waals surface area contributed by atoms with Crippen LogP contribution in [-0.4, -0.2) is 24.1 Å². The van der Waals surface area contributed by atoms with Gasteiger partial charge in [0.25, 0.3) is 5.56 Å². The van der Waals surface area contributed by atoms with Gasteiger partial charge in [0.1, 0.15) is 0 Å². The first-order valence-electron chi connectivity index (χ1n) is 10.2. The molecule has 0 amide bonds. The third-order valence-corrected chi connectivity index (χ3v) is 4.95. The second-order valence-electron chi connectivity index (χ2n) is 7.28. The van der Waals surface area contributed by atoms with Crippen LogP contribution in [0.15, 0.2) is 82.7 Å². The summed E-state index contributed by atoms with van der Waals surface area (Å²) in [4.78, 5) is 16.0. The number of hydrogen-bond donors (Lipinski definition) is 2. The molecule has 0 fully saturated rings. The lowest BCUT2D eigenvalue weighted by Gasteiger charge is -2.13. The van der Waals surface area contributed by atoms with Gasteiger partial charge in [-0.1, -0.05) is 42.5 Å². The Labute approximate surface area is 207 Å². The predicted molar refractivity (Wildman–Crippen MR) is 135 cm³/mol. The van der Waals surface area contributed by atoms with Crippen LogP contribution in [0.5, 0.6) is 0 Å². The van der Waals surface area contributed by atoms with E-state index in [-0.39, 0.29) is 29.5 Å². The van der Waals surface area contributed by atoms with Crippen LogP contribution < -0.4 is 16.2 Å². The van der Waals surface area contributed by atoms with Crippen molar-refractivity contribution >= 4 is 29.9 Å². The molecule has 1 aromatic heterocycles. The van der Waals surface area contributed by atoms with Crippen LogP contribution in [0.3, 0.4) is 0 Å². The summed E-state index contributed by atoms with van der Waals surface area (Å²) in [7, 11) is 1.66. The number of guanidine groups is 1. The van der Waals surface area contributed by atoms with E-state index < -0.39 is 11.7 Å². The molecule has 3 aromatic rings. The maximum absolute atomic E-state index is 12.6. The van der Waals surface area contributed by atoms with E-state index in [4.69, 9.17) is 0 Å². The van der Waals surface area contributed by atoms with Gasteiger partial charge in [-0.05, 0) is 41.3 Å². The average molecular weight is 570 g/mol. The molecule has 1 heterocycles. The zero-order valence-electron chi connectivity index (χ0n) is 18.1. The molecule has 2 N–H and O–H groups in total. The summed E-state index contributed by atoms with van der Waals surface area (Å²) < 4.78 is 39.6. The van der Waals surface area contributed by atoms with Crippen LogP contribution in [0.2, 0.25) is 0 Å². The smallest absolute Gasteiger partial charge is 0.356 e. The molecule has 9 heteroatoms. The van der Waals surface area contributed by atoms with E-state index in [9.17, 15) is 18.0 Å². The molecule has 176 valence electrons. The maximum Gasteiger partial charge on any atom is 0.416 e. The van der Waals surface area contributed by atoms with E-state index in [2.05, 4.69) is 15.6 Å². The number of alkyl halides is 3. The molecule has 3 rings (SSSR count). The highest BCUT2D eigenvalue weighted by atomic mass is 127. The Balaban J connectivity index is 0.00000385. The van der Waals surface area contributed by atoms with Gasteiger partial charge in [-0.2, -0.15) is 13.2 Å². The van der Waals surface area contributed by atoms with Crippen LogP contribution in [0.1, 0.15) is 22.3 Å². The molecular formula is C24H26F3IN4O. The summed E-state index contributed by atoms with van der Waals surface area (Å²) in [6.07, 6.45) is -1.98. The number of hydrogen-bond acceptors (Lipinski definition) is 2. The van der Waals surface area contributed by atoms with Crippen molar-refractivity contribution in [1.29, 1.82) is 0 Å². The summed E-state index contributed by atoms with van der Waals surface area (Å²) in [6.45, 7) is 1.61. The van der Waals surface area contributed by atoms with Gasteiger partial charge in [0.05, 0.1) is 12.1 Å². The number of aliphatic imine (C=N–C) groups is 1. The van der Waals surface area contributed by atoms with E-state index in [1.165, 1.54) is 18.2 Å². The van der Waals surface area contributed by atoms with Gasteiger partial charge in [-0.15, -0.1) is 24.0 Å². The molecule has 0 aliphatic carbocycles.